The van der Waals surface area contributed by atoms with Crippen molar-refractivity contribution < 1.29 is 4.79 Å². The molecule has 51 heavy (non-hydrogen) atoms. The lowest BCUT2D eigenvalue weighted by Crippen LogP contribution is -2.43. The molecular formula is C42H50N8O. The van der Waals surface area contributed by atoms with Crippen LogP contribution in [0.4, 0.5) is 4.79 Å². The molecule has 2 aliphatic heterocycles. The third-order valence-corrected chi connectivity index (χ3v) is 9.09. The lowest BCUT2D eigenvalue weighted by Gasteiger charge is -2.29. The Labute approximate surface area is 301 Å². The fourth-order valence-electron chi connectivity index (χ4n) is 6.22. The minimum atomic E-state index is -0.0350. The number of nitrogens with zero attached hydrogens (tertiary/aromatic N) is 3. The summed E-state index contributed by atoms with van der Waals surface area (Å²) in [5.74, 6) is 0. The second kappa shape index (κ2) is 17.9. The summed E-state index contributed by atoms with van der Waals surface area (Å²) in [6, 6.07) is 40.6. The number of carbonyl (C=O) groups is 1. The van der Waals surface area contributed by atoms with Gasteiger partial charge in [-0.2, -0.15) is 10.2 Å². The number of urea groups is 1. The average molecular weight is 683 g/mol. The Morgan fingerprint density at radius 1 is 0.706 bits per heavy atom. The maximum absolute atomic E-state index is 12.7. The van der Waals surface area contributed by atoms with Gasteiger partial charge < -0.3 is 21.3 Å². The van der Waals surface area contributed by atoms with E-state index < -0.39 is 0 Å². The van der Waals surface area contributed by atoms with E-state index >= 15 is 0 Å². The highest BCUT2D eigenvalue weighted by Gasteiger charge is 2.26. The highest BCUT2D eigenvalue weighted by molar-refractivity contribution is 5.76. The molecule has 0 saturated carbocycles. The number of nitrogens with two attached hydrogens (primary N) is 1. The molecule has 0 fully saturated rings. The van der Waals surface area contributed by atoms with Gasteiger partial charge in [-0.15, -0.1) is 0 Å². The highest BCUT2D eigenvalue weighted by Crippen LogP contribution is 2.29. The first-order valence-electron chi connectivity index (χ1n) is 17.3. The van der Waals surface area contributed by atoms with Crippen LogP contribution in [-0.2, 0) is 25.9 Å². The number of hydrogen-bond donors (Lipinski definition) is 5. The van der Waals surface area contributed by atoms with Crippen molar-refractivity contribution in [2.24, 2.45) is 5.73 Å². The fourth-order valence-corrected chi connectivity index (χ4v) is 6.22. The van der Waals surface area contributed by atoms with E-state index in [4.69, 9.17) is 5.73 Å². The topological polar surface area (TPSA) is 128 Å². The molecule has 9 heteroatoms. The summed E-state index contributed by atoms with van der Waals surface area (Å²) in [7, 11) is 0. The summed E-state index contributed by atoms with van der Waals surface area (Å²) < 4.78 is 0. The number of hydrogen-bond acceptors (Lipinski definition) is 5. The summed E-state index contributed by atoms with van der Waals surface area (Å²) in [5, 5.41) is 21.6. The number of rotatable bonds is 5. The molecule has 0 saturated heterocycles. The average Bonchev–Trinajstić information content (AvgIpc) is 3.81. The van der Waals surface area contributed by atoms with Crippen molar-refractivity contribution in [1.29, 1.82) is 0 Å². The van der Waals surface area contributed by atoms with Gasteiger partial charge in [0, 0.05) is 72.2 Å². The van der Waals surface area contributed by atoms with E-state index in [1.165, 1.54) is 22.4 Å². The van der Waals surface area contributed by atoms with Gasteiger partial charge in [0.25, 0.3) is 0 Å². The van der Waals surface area contributed by atoms with Crippen LogP contribution in [0.25, 0.3) is 22.5 Å². The summed E-state index contributed by atoms with van der Waals surface area (Å²) in [4.78, 5) is 14.6. The molecule has 2 amide bonds. The summed E-state index contributed by atoms with van der Waals surface area (Å²) >= 11 is 0. The molecule has 0 aliphatic carbocycles. The Bertz CT molecular complexity index is 1920. The number of nitrogens with one attached hydrogen (secondary N) is 4. The van der Waals surface area contributed by atoms with Crippen LogP contribution in [0.2, 0.25) is 0 Å². The Hall–Kier alpha value is -5.51. The molecule has 0 bridgehead atoms. The van der Waals surface area contributed by atoms with Crippen LogP contribution in [0.1, 0.15) is 67.0 Å². The smallest absolute Gasteiger partial charge is 0.318 e. The molecule has 9 nitrogen and oxygen atoms in total. The van der Waals surface area contributed by atoms with Crippen molar-refractivity contribution in [2.45, 2.75) is 59.3 Å². The van der Waals surface area contributed by atoms with Crippen LogP contribution < -0.4 is 16.4 Å². The first kappa shape index (κ1) is 36.8. The Morgan fingerprint density at radius 2 is 1.20 bits per heavy atom. The molecule has 6 aromatic rings. The van der Waals surface area contributed by atoms with Gasteiger partial charge in [0.2, 0.25) is 0 Å². The first-order chi connectivity index (χ1) is 24.5. The molecule has 8 rings (SSSR count). The maximum atomic E-state index is 12.7. The van der Waals surface area contributed by atoms with Gasteiger partial charge in [-0.3, -0.25) is 10.2 Å². The number of aromatic amines is 2. The minimum Gasteiger partial charge on any atom is -0.331 e. The Kier molecular flexibility index (Phi) is 12.9. The van der Waals surface area contributed by atoms with Gasteiger partial charge in [0.15, 0.2) is 0 Å². The van der Waals surface area contributed by atoms with E-state index in [1.807, 2.05) is 128 Å². The van der Waals surface area contributed by atoms with Gasteiger partial charge in [-0.05, 0) is 25.0 Å². The van der Waals surface area contributed by atoms with E-state index in [0.29, 0.717) is 13.1 Å². The zero-order valence-corrected chi connectivity index (χ0v) is 28.8. The fraction of sp³-hybridized carbons (Fsp3) is 0.262. The van der Waals surface area contributed by atoms with Crippen molar-refractivity contribution in [3.8, 4) is 22.5 Å². The molecule has 2 unspecified atom stereocenters. The molecule has 6 N–H and O–H groups in total. The number of H-pyrrole nitrogens is 2. The second-order valence-electron chi connectivity index (χ2n) is 12.7. The Morgan fingerprint density at radius 3 is 1.73 bits per heavy atom. The van der Waals surface area contributed by atoms with E-state index in [0.717, 1.165) is 59.7 Å². The molecule has 2 aliphatic rings. The number of carbonyl (C=O) groups excluding carboxylic acids is 1. The summed E-state index contributed by atoms with van der Waals surface area (Å²) in [5.41, 5.74) is 17.1. The van der Waals surface area contributed by atoms with Crippen LogP contribution in [0.15, 0.2) is 121 Å². The van der Waals surface area contributed by atoms with E-state index in [9.17, 15) is 4.79 Å². The van der Waals surface area contributed by atoms with Crippen LogP contribution in [0.3, 0.4) is 0 Å². The van der Waals surface area contributed by atoms with Crippen LogP contribution in [0, 0.1) is 0 Å². The van der Waals surface area contributed by atoms with Gasteiger partial charge in [0.1, 0.15) is 0 Å². The number of amides is 2. The van der Waals surface area contributed by atoms with Crippen molar-refractivity contribution >= 4 is 6.03 Å². The standard InChI is InChI=1S/C21H22N4O.C12H13N3.C8H11N.CH4/c1-15(16-8-4-2-5-9-16)22-21(26)25-13-12-19-18(14-25)20(24-23-19)17-10-6-3-7-11-17;1-2-4-9(5-3-1)12-10-8-13-7-6-11(10)14-15-12;1-7(9)8-5-3-2-4-6-8;/h2-11,15H,12-14H2,1H3,(H,22,26)(H,23,24);1-5,13H,6-8H2,(H,14,15);2-7H,9H2,1H3;1H4. The predicted molar refractivity (Wildman–Crippen MR) is 207 cm³/mol. The normalized spacial score (nSPS) is 14.1. The van der Waals surface area contributed by atoms with E-state index in [1.54, 1.807) is 0 Å². The number of benzene rings is 4. The minimum absolute atomic E-state index is 0. The largest absolute Gasteiger partial charge is 0.331 e. The zero-order chi connectivity index (χ0) is 34.7. The Balaban J connectivity index is 0.000000169. The first-order valence-corrected chi connectivity index (χ1v) is 17.3. The maximum Gasteiger partial charge on any atom is 0.318 e. The molecule has 2 atom stereocenters. The molecular weight excluding hydrogens is 633 g/mol. The lowest BCUT2D eigenvalue weighted by molar-refractivity contribution is 0.189. The van der Waals surface area contributed by atoms with Crippen molar-refractivity contribution in [3.63, 3.8) is 0 Å². The van der Waals surface area contributed by atoms with E-state index in [2.05, 4.69) is 43.2 Å². The number of aromatic nitrogens is 4. The molecule has 0 spiro atoms. The van der Waals surface area contributed by atoms with Crippen molar-refractivity contribution in [3.05, 3.63) is 155 Å². The van der Waals surface area contributed by atoms with E-state index in [-0.39, 0.29) is 25.5 Å². The van der Waals surface area contributed by atoms with Gasteiger partial charge >= 0.3 is 6.03 Å². The van der Waals surface area contributed by atoms with Crippen molar-refractivity contribution in [2.75, 3.05) is 13.1 Å². The second-order valence-corrected chi connectivity index (χ2v) is 12.7. The highest BCUT2D eigenvalue weighted by atomic mass is 16.2. The molecule has 4 aromatic carbocycles. The SMILES string of the molecule is C.CC(N)c1ccccc1.CC(NC(=O)N1CCc2[nH]nc(-c3ccccc3)c2C1)c1ccccc1.c1ccc(-c2n[nH]c3c2CNCC3)cc1. The molecule has 264 valence electrons. The molecule has 4 heterocycles. The van der Waals surface area contributed by atoms with Crippen LogP contribution >= 0.6 is 0 Å². The van der Waals surface area contributed by atoms with Gasteiger partial charge in [-0.1, -0.05) is 129 Å². The lowest BCUT2D eigenvalue weighted by atomic mass is 10.0. The predicted octanol–water partition coefficient (Wildman–Crippen LogP) is 7.97. The molecule has 2 aromatic heterocycles. The quantitative estimate of drug-likeness (QED) is 0.126. The third-order valence-electron chi connectivity index (χ3n) is 9.09. The monoisotopic (exact) mass is 682 g/mol. The van der Waals surface area contributed by atoms with Crippen LogP contribution in [-0.4, -0.2) is 44.4 Å². The number of fused-ring (bicyclic) bond motifs is 2. The van der Waals surface area contributed by atoms with Gasteiger partial charge in [-0.25, -0.2) is 4.79 Å². The zero-order valence-electron chi connectivity index (χ0n) is 28.8. The van der Waals surface area contributed by atoms with Crippen LogP contribution in [0.5, 0.6) is 0 Å². The summed E-state index contributed by atoms with van der Waals surface area (Å²) in [6.45, 7) is 7.23. The summed E-state index contributed by atoms with van der Waals surface area (Å²) in [6.07, 6.45) is 1.84. The third kappa shape index (κ3) is 9.39. The molecule has 0 radical (unpaired) electrons. The van der Waals surface area contributed by atoms with Gasteiger partial charge in [0.05, 0.1) is 24.0 Å². The van der Waals surface area contributed by atoms with Crippen molar-refractivity contribution in [1.82, 2.24) is 35.9 Å².